The number of aromatic amines is 1. The lowest BCUT2D eigenvalue weighted by Crippen LogP contribution is -2.25. The average Bonchev–Trinajstić information content (AvgIpc) is 2.81. The van der Waals surface area contributed by atoms with Gasteiger partial charge in [-0.1, -0.05) is 6.92 Å². The summed E-state index contributed by atoms with van der Waals surface area (Å²) >= 11 is 0. The van der Waals surface area contributed by atoms with Crippen LogP contribution in [-0.4, -0.2) is 16.0 Å². The molecule has 0 unspecified atom stereocenters. The topological polar surface area (TPSA) is 40.7 Å². The Balaban J connectivity index is 1.78. The van der Waals surface area contributed by atoms with Crippen molar-refractivity contribution in [3.05, 3.63) is 24.5 Å². The van der Waals surface area contributed by atoms with E-state index >= 15 is 0 Å². The molecule has 2 heterocycles. The highest BCUT2D eigenvalue weighted by atomic mass is 14.9. The molecule has 3 rings (SSSR count). The fourth-order valence-corrected chi connectivity index (χ4v) is 2.71. The summed E-state index contributed by atoms with van der Waals surface area (Å²) in [6.07, 6.45) is 9.08. The monoisotopic (exact) mass is 229 g/mol. The molecule has 2 aromatic heterocycles. The zero-order valence-electron chi connectivity index (χ0n) is 10.2. The van der Waals surface area contributed by atoms with Gasteiger partial charge in [0.2, 0.25) is 0 Å². The van der Waals surface area contributed by atoms with Crippen LogP contribution in [0.2, 0.25) is 0 Å². The number of fused-ring (bicyclic) bond motifs is 1. The third-order valence-electron chi connectivity index (χ3n) is 3.84. The average molecular weight is 229 g/mol. The summed E-state index contributed by atoms with van der Waals surface area (Å²) in [5.41, 5.74) is 2.19. The minimum Gasteiger partial charge on any atom is -0.382 e. The predicted octanol–water partition coefficient (Wildman–Crippen LogP) is 3.55. The molecular formula is C14H19N3. The van der Waals surface area contributed by atoms with Crippen molar-refractivity contribution in [2.45, 2.75) is 38.6 Å². The molecule has 0 atom stereocenters. The van der Waals surface area contributed by atoms with E-state index in [2.05, 4.69) is 34.3 Å². The summed E-state index contributed by atoms with van der Waals surface area (Å²) in [6.45, 7) is 2.35. The van der Waals surface area contributed by atoms with Gasteiger partial charge in [-0.05, 0) is 43.7 Å². The van der Waals surface area contributed by atoms with E-state index in [1.165, 1.54) is 36.8 Å². The van der Waals surface area contributed by atoms with Crippen LogP contribution in [0.3, 0.4) is 0 Å². The number of nitrogens with one attached hydrogen (secondary N) is 2. The molecule has 0 aliphatic heterocycles. The molecule has 1 aliphatic carbocycles. The Kier molecular flexibility index (Phi) is 2.75. The van der Waals surface area contributed by atoms with Crippen LogP contribution in [0.4, 0.5) is 5.69 Å². The van der Waals surface area contributed by atoms with Crippen LogP contribution in [0.15, 0.2) is 24.5 Å². The van der Waals surface area contributed by atoms with E-state index in [4.69, 9.17) is 0 Å². The van der Waals surface area contributed by atoms with E-state index in [1.54, 1.807) is 0 Å². The van der Waals surface area contributed by atoms with E-state index in [9.17, 15) is 0 Å². The number of hydrogen-bond donors (Lipinski definition) is 2. The quantitative estimate of drug-likeness (QED) is 0.826. The molecule has 17 heavy (non-hydrogen) atoms. The van der Waals surface area contributed by atoms with Crippen molar-refractivity contribution in [1.82, 2.24) is 9.97 Å². The first-order valence-corrected chi connectivity index (χ1v) is 6.51. The van der Waals surface area contributed by atoms with E-state index in [1.807, 2.05) is 12.4 Å². The molecule has 1 fully saturated rings. The minimum absolute atomic E-state index is 0.631. The molecule has 1 saturated carbocycles. The number of rotatable bonds is 2. The van der Waals surface area contributed by atoms with Crippen LogP contribution in [0, 0.1) is 5.92 Å². The van der Waals surface area contributed by atoms with Crippen molar-refractivity contribution < 1.29 is 0 Å². The second-order valence-electron chi connectivity index (χ2n) is 5.20. The predicted molar refractivity (Wildman–Crippen MR) is 71.1 cm³/mol. The molecule has 2 N–H and O–H groups in total. The molecule has 0 amide bonds. The normalized spacial score (nSPS) is 25.0. The molecule has 1 aliphatic rings. The van der Waals surface area contributed by atoms with E-state index in [-0.39, 0.29) is 0 Å². The molecule has 0 bridgehead atoms. The molecule has 0 radical (unpaired) electrons. The Morgan fingerprint density at radius 2 is 2.06 bits per heavy atom. The zero-order valence-corrected chi connectivity index (χ0v) is 10.2. The van der Waals surface area contributed by atoms with Gasteiger partial charge in [0.15, 0.2) is 0 Å². The summed E-state index contributed by atoms with van der Waals surface area (Å²) in [5.74, 6) is 0.901. The van der Waals surface area contributed by atoms with Gasteiger partial charge in [0, 0.05) is 29.5 Å². The summed E-state index contributed by atoms with van der Waals surface area (Å²) in [7, 11) is 0. The Morgan fingerprint density at radius 1 is 1.24 bits per heavy atom. The molecule has 0 spiro atoms. The summed E-state index contributed by atoms with van der Waals surface area (Å²) in [6, 6.07) is 4.80. The van der Waals surface area contributed by atoms with Crippen LogP contribution in [0.5, 0.6) is 0 Å². The van der Waals surface area contributed by atoms with Gasteiger partial charge in [-0.2, -0.15) is 0 Å². The van der Waals surface area contributed by atoms with Gasteiger partial charge in [-0.3, -0.25) is 0 Å². The maximum Gasteiger partial charge on any atom is 0.139 e. The van der Waals surface area contributed by atoms with E-state index < -0.39 is 0 Å². The Bertz CT molecular complexity index is 495. The van der Waals surface area contributed by atoms with Crippen molar-refractivity contribution in [3.63, 3.8) is 0 Å². The lowest BCUT2D eigenvalue weighted by Gasteiger charge is -2.27. The number of nitrogens with zero attached hydrogens (tertiary/aromatic N) is 1. The third-order valence-corrected chi connectivity index (χ3v) is 3.84. The second-order valence-corrected chi connectivity index (χ2v) is 5.20. The summed E-state index contributed by atoms with van der Waals surface area (Å²) < 4.78 is 0. The van der Waals surface area contributed by atoms with Crippen LogP contribution in [0.1, 0.15) is 32.6 Å². The van der Waals surface area contributed by atoms with Gasteiger partial charge in [-0.25, -0.2) is 4.98 Å². The fraction of sp³-hybridized carbons (Fsp3) is 0.500. The highest BCUT2D eigenvalue weighted by Crippen LogP contribution is 2.28. The van der Waals surface area contributed by atoms with Crippen LogP contribution < -0.4 is 5.32 Å². The Morgan fingerprint density at radius 3 is 2.88 bits per heavy atom. The SMILES string of the molecule is CC1CCC(Nc2ccnc3[nH]ccc23)CC1. The van der Waals surface area contributed by atoms with Gasteiger partial charge < -0.3 is 10.3 Å². The van der Waals surface area contributed by atoms with Gasteiger partial charge >= 0.3 is 0 Å². The lowest BCUT2D eigenvalue weighted by atomic mass is 9.87. The van der Waals surface area contributed by atoms with Crippen molar-refractivity contribution in [3.8, 4) is 0 Å². The fourth-order valence-electron chi connectivity index (χ4n) is 2.71. The summed E-state index contributed by atoms with van der Waals surface area (Å²) in [4.78, 5) is 7.46. The Hall–Kier alpha value is -1.51. The molecule has 0 saturated heterocycles. The van der Waals surface area contributed by atoms with Crippen LogP contribution in [-0.2, 0) is 0 Å². The van der Waals surface area contributed by atoms with Gasteiger partial charge in [0.1, 0.15) is 5.65 Å². The molecule has 3 heteroatoms. The van der Waals surface area contributed by atoms with Crippen molar-refractivity contribution in [2.75, 3.05) is 5.32 Å². The first kappa shape index (κ1) is 10.6. The first-order chi connectivity index (χ1) is 8.33. The second kappa shape index (κ2) is 4.40. The Labute approximate surface area is 102 Å². The first-order valence-electron chi connectivity index (χ1n) is 6.51. The van der Waals surface area contributed by atoms with E-state index in [0.717, 1.165) is 11.6 Å². The number of aromatic nitrogens is 2. The molecule has 3 nitrogen and oxygen atoms in total. The number of anilines is 1. The van der Waals surface area contributed by atoms with Crippen molar-refractivity contribution in [1.29, 1.82) is 0 Å². The van der Waals surface area contributed by atoms with E-state index in [0.29, 0.717) is 6.04 Å². The van der Waals surface area contributed by atoms with Gasteiger partial charge in [-0.15, -0.1) is 0 Å². The standard InChI is InChI=1S/C14H19N3/c1-10-2-4-11(5-3-10)17-13-7-9-16-14-12(13)6-8-15-14/h6-11H,2-5H2,1H3,(H2,15,16,17). The lowest BCUT2D eigenvalue weighted by molar-refractivity contribution is 0.361. The third kappa shape index (κ3) is 2.14. The van der Waals surface area contributed by atoms with Crippen LogP contribution >= 0.6 is 0 Å². The van der Waals surface area contributed by atoms with Crippen molar-refractivity contribution in [2.24, 2.45) is 5.92 Å². The van der Waals surface area contributed by atoms with Gasteiger partial charge in [0.05, 0.1) is 0 Å². The molecular weight excluding hydrogens is 210 g/mol. The highest BCUT2D eigenvalue weighted by molar-refractivity contribution is 5.89. The summed E-state index contributed by atoms with van der Waals surface area (Å²) in [5, 5.41) is 4.87. The van der Waals surface area contributed by atoms with Crippen LogP contribution in [0.25, 0.3) is 11.0 Å². The maximum absolute atomic E-state index is 4.31. The van der Waals surface area contributed by atoms with Gasteiger partial charge in [0.25, 0.3) is 0 Å². The molecule has 90 valence electrons. The number of pyridine rings is 1. The smallest absolute Gasteiger partial charge is 0.139 e. The zero-order chi connectivity index (χ0) is 11.7. The largest absolute Gasteiger partial charge is 0.382 e. The molecule has 0 aromatic carbocycles. The maximum atomic E-state index is 4.31. The minimum atomic E-state index is 0.631. The number of hydrogen-bond acceptors (Lipinski definition) is 2. The molecule has 2 aromatic rings. The van der Waals surface area contributed by atoms with Crippen molar-refractivity contribution >= 4 is 16.7 Å². The number of H-pyrrole nitrogens is 1. The highest BCUT2D eigenvalue weighted by Gasteiger charge is 2.18.